The fourth-order valence-corrected chi connectivity index (χ4v) is 3.45. The first-order valence-electron chi connectivity index (χ1n) is 8.12. The first-order chi connectivity index (χ1) is 8.69. The Morgan fingerprint density at radius 3 is 2.33 bits per heavy atom. The van der Waals surface area contributed by atoms with Crippen molar-refractivity contribution < 1.29 is 0 Å². The van der Waals surface area contributed by atoms with Gasteiger partial charge in [0, 0.05) is 19.6 Å². The molecule has 1 unspecified atom stereocenters. The fourth-order valence-electron chi connectivity index (χ4n) is 3.45. The minimum absolute atomic E-state index is 0.566. The average Bonchev–Trinajstić information content (AvgIpc) is 2.83. The molecule has 1 saturated heterocycles. The highest BCUT2D eigenvalue weighted by Crippen LogP contribution is 2.32. The Morgan fingerprint density at radius 2 is 1.89 bits per heavy atom. The highest BCUT2D eigenvalue weighted by Gasteiger charge is 2.34. The van der Waals surface area contributed by atoms with Crippen molar-refractivity contribution in [3.63, 3.8) is 0 Å². The van der Waals surface area contributed by atoms with Gasteiger partial charge >= 0.3 is 0 Å². The molecular weight excluding hydrogens is 220 g/mol. The minimum atomic E-state index is 0.566. The Balaban J connectivity index is 2.53. The van der Waals surface area contributed by atoms with Crippen LogP contribution in [-0.4, -0.2) is 37.6 Å². The van der Waals surface area contributed by atoms with E-state index in [9.17, 15) is 0 Å². The van der Waals surface area contributed by atoms with E-state index in [-0.39, 0.29) is 0 Å². The highest BCUT2D eigenvalue weighted by molar-refractivity contribution is 4.90. The number of hydrogen-bond acceptors (Lipinski definition) is 2. The van der Waals surface area contributed by atoms with E-state index in [1.165, 1.54) is 64.8 Å². The molecule has 0 aromatic rings. The van der Waals surface area contributed by atoms with Crippen molar-refractivity contribution in [1.82, 2.24) is 10.2 Å². The van der Waals surface area contributed by atoms with Crippen molar-refractivity contribution in [3.05, 3.63) is 0 Å². The molecule has 0 saturated carbocycles. The zero-order chi connectivity index (χ0) is 13.4. The van der Waals surface area contributed by atoms with Crippen molar-refractivity contribution in [3.8, 4) is 0 Å². The molecule has 1 fully saturated rings. The molecule has 0 radical (unpaired) electrons. The van der Waals surface area contributed by atoms with Crippen LogP contribution in [0.4, 0.5) is 0 Å². The number of rotatable bonds is 9. The van der Waals surface area contributed by atoms with Gasteiger partial charge in [-0.1, -0.05) is 47.0 Å². The van der Waals surface area contributed by atoms with Crippen LogP contribution in [-0.2, 0) is 0 Å². The maximum Gasteiger partial charge on any atom is 0.00506 e. The van der Waals surface area contributed by atoms with Gasteiger partial charge in [0.1, 0.15) is 0 Å². The topological polar surface area (TPSA) is 15.3 Å². The van der Waals surface area contributed by atoms with E-state index < -0.39 is 0 Å². The molecule has 1 N–H and O–H groups in total. The van der Waals surface area contributed by atoms with E-state index in [2.05, 4.69) is 37.9 Å². The molecule has 1 aliphatic rings. The predicted octanol–water partition coefficient (Wildman–Crippen LogP) is 3.52. The van der Waals surface area contributed by atoms with Crippen LogP contribution in [0.25, 0.3) is 0 Å². The van der Waals surface area contributed by atoms with Crippen LogP contribution in [0, 0.1) is 11.3 Å². The van der Waals surface area contributed by atoms with E-state index in [0.717, 1.165) is 5.92 Å². The molecule has 0 aromatic heterocycles. The molecule has 2 heteroatoms. The van der Waals surface area contributed by atoms with E-state index in [1.54, 1.807) is 0 Å². The van der Waals surface area contributed by atoms with Crippen LogP contribution < -0.4 is 5.32 Å². The summed E-state index contributed by atoms with van der Waals surface area (Å²) in [6.07, 6.45) is 6.74. The van der Waals surface area contributed by atoms with Crippen molar-refractivity contribution in [2.45, 2.75) is 59.8 Å². The summed E-state index contributed by atoms with van der Waals surface area (Å²) in [7, 11) is 0. The maximum atomic E-state index is 3.58. The van der Waals surface area contributed by atoms with Gasteiger partial charge < -0.3 is 10.2 Å². The monoisotopic (exact) mass is 254 g/mol. The maximum absolute atomic E-state index is 3.58. The molecule has 1 aliphatic heterocycles. The summed E-state index contributed by atoms with van der Waals surface area (Å²) in [6, 6.07) is 0. The number of nitrogens with one attached hydrogen (secondary N) is 1. The predicted molar refractivity (Wildman–Crippen MR) is 81.0 cm³/mol. The van der Waals surface area contributed by atoms with Gasteiger partial charge in [-0.25, -0.2) is 0 Å². The molecule has 108 valence electrons. The fraction of sp³-hybridized carbons (Fsp3) is 1.00. The van der Waals surface area contributed by atoms with Gasteiger partial charge in [-0.3, -0.25) is 0 Å². The third kappa shape index (κ3) is 4.55. The summed E-state index contributed by atoms with van der Waals surface area (Å²) in [5.41, 5.74) is 0.566. The van der Waals surface area contributed by atoms with Crippen LogP contribution >= 0.6 is 0 Å². The summed E-state index contributed by atoms with van der Waals surface area (Å²) in [6.45, 7) is 15.6. The molecule has 1 rings (SSSR count). The molecule has 1 atom stereocenters. The zero-order valence-electron chi connectivity index (χ0n) is 13.1. The zero-order valence-corrected chi connectivity index (χ0v) is 13.1. The SMILES string of the molecule is CCCC1(CN(CC)CC(CC)CC)CCNC1. The molecular formula is C16H34N2. The third-order valence-electron chi connectivity index (χ3n) is 4.79. The normalized spacial score (nSPS) is 24.3. The van der Waals surface area contributed by atoms with Crippen LogP contribution in [0.3, 0.4) is 0 Å². The second-order valence-electron chi connectivity index (χ2n) is 6.19. The molecule has 18 heavy (non-hydrogen) atoms. The second-order valence-corrected chi connectivity index (χ2v) is 6.19. The molecule has 2 nitrogen and oxygen atoms in total. The summed E-state index contributed by atoms with van der Waals surface area (Å²) in [5, 5.41) is 3.58. The number of nitrogens with zero attached hydrogens (tertiary/aromatic N) is 1. The van der Waals surface area contributed by atoms with E-state index in [0.29, 0.717) is 5.41 Å². The van der Waals surface area contributed by atoms with Gasteiger partial charge in [-0.15, -0.1) is 0 Å². The van der Waals surface area contributed by atoms with Gasteiger partial charge in [-0.05, 0) is 37.3 Å². The van der Waals surface area contributed by atoms with Crippen molar-refractivity contribution in [1.29, 1.82) is 0 Å². The van der Waals surface area contributed by atoms with Gasteiger partial charge in [-0.2, -0.15) is 0 Å². The Bertz CT molecular complexity index is 205. The Kier molecular flexibility index (Phi) is 7.25. The van der Waals surface area contributed by atoms with E-state index >= 15 is 0 Å². The largest absolute Gasteiger partial charge is 0.316 e. The highest BCUT2D eigenvalue weighted by atomic mass is 15.1. The van der Waals surface area contributed by atoms with Crippen LogP contribution in [0.15, 0.2) is 0 Å². The van der Waals surface area contributed by atoms with Gasteiger partial charge in [0.05, 0.1) is 0 Å². The van der Waals surface area contributed by atoms with E-state index in [1.807, 2.05) is 0 Å². The van der Waals surface area contributed by atoms with Crippen molar-refractivity contribution in [2.24, 2.45) is 11.3 Å². The van der Waals surface area contributed by atoms with Crippen LogP contribution in [0.5, 0.6) is 0 Å². The van der Waals surface area contributed by atoms with Gasteiger partial charge in [0.25, 0.3) is 0 Å². The standard InChI is InChI=1S/C16H34N2/c1-5-9-16(10-11-17-13-16)14-18(8-4)12-15(6-2)7-3/h15,17H,5-14H2,1-4H3. The lowest BCUT2D eigenvalue weighted by Crippen LogP contribution is -2.41. The van der Waals surface area contributed by atoms with Gasteiger partial charge in [0.2, 0.25) is 0 Å². The molecule has 0 aromatic carbocycles. The summed E-state index contributed by atoms with van der Waals surface area (Å²) in [4.78, 5) is 2.71. The second kappa shape index (κ2) is 8.16. The molecule has 0 bridgehead atoms. The Labute approximate surface area is 115 Å². The summed E-state index contributed by atoms with van der Waals surface area (Å²) < 4.78 is 0. The van der Waals surface area contributed by atoms with Gasteiger partial charge in [0.15, 0.2) is 0 Å². The number of hydrogen-bond donors (Lipinski definition) is 1. The van der Waals surface area contributed by atoms with Crippen LogP contribution in [0.1, 0.15) is 59.8 Å². The Morgan fingerprint density at radius 1 is 1.17 bits per heavy atom. The molecule has 1 heterocycles. The average molecular weight is 254 g/mol. The Hall–Kier alpha value is -0.0800. The quantitative estimate of drug-likeness (QED) is 0.677. The van der Waals surface area contributed by atoms with E-state index in [4.69, 9.17) is 0 Å². The van der Waals surface area contributed by atoms with Crippen molar-refractivity contribution in [2.75, 3.05) is 32.7 Å². The van der Waals surface area contributed by atoms with Crippen molar-refractivity contribution >= 4 is 0 Å². The first-order valence-corrected chi connectivity index (χ1v) is 8.12. The molecule has 0 spiro atoms. The minimum Gasteiger partial charge on any atom is -0.316 e. The molecule has 0 amide bonds. The lowest BCUT2D eigenvalue weighted by molar-refractivity contribution is 0.137. The smallest absolute Gasteiger partial charge is 0.00506 e. The molecule has 0 aliphatic carbocycles. The van der Waals surface area contributed by atoms with Crippen LogP contribution in [0.2, 0.25) is 0 Å². The third-order valence-corrected chi connectivity index (χ3v) is 4.79. The lowest BCUT2D eigenvalue weighted by Gasteiger charge is -2.36. The first kappa shape index (κ1) is 16.0. The lowest BCUT2D eigenvalue weighted by atomic mass is 9.81. The summed E-state index contributed by atoms with van der Waals surface area (Å²) in [5.74, 6) is 0.887. The summed E-state index contributed by atoms with van der Waals surface area (Å²) >= 11 is 0.